The van der Waals surface area contributed by atoms with Gasteiger partial charge in [0.2, 0.25) is 0 Å². The molecule has 4 nitrogen and oxygen atoms in total. The predicted molar refractivity (Wildman–Crippen MR) is 72.7 cm³/mol. The third kappa shape index (κ3) is 3.35. The summed E-state index contributed by atoms with van der Waals surface area (Å²) >= 11 is 5.71. The van der Waals surface area contributed by atoms with Crippen LogP contribution in [0.25, 0.3) is 0 Å². The Morgan fingerprint density at radius 1 is 0.857 bits per heavy atom. The molecule has 2 amide bonds. The van der Waals surface area contributed by atoms with Crippen molar-refractivity contribution < 1.29 is 18.4 Å². The summed E-state index contributed by atoms with van der Waals surface area (Å²) < 4.78 is 26.9. The molecule has 2 aromatic rings. The van der Waals surface area contributed by atoms with Crippen molar-refractivity contribution in [2.45, 2.75) is 0 Å². The van der Waals surface area contributed by atoms with Crippen LogP contribution in [-0.2, 0) is 0 Å². The summed E-state index contributed by atoms with van der Waals surface area (Å²) in [5, 5.41) is -0.104. The smallest absolute Gasteiger partial charge is 0.267 e. The number of halogens is 3. The van der Waals surface area contributed by atoms with Crippen LogP contribution in [0, 0.1) is 11.6 Å². The summed E-state index contributed by atoms with van der Waals surface area (Å²) in [4.78, 5) is 23.4. The Kier molecular flexibility index (Phi) is 4.49. The SMILES string of the molecule is O=C(NNC(=O)c1c(F)cccc1Cl)c1ccccc1F. The molecule has 0 aliphatic heterocycles. The topological polar surface area (TPSA) is 58.2 Å². The van der Waals surface area contributed by atoms with E-state index >= 15 is 0 Å². The van der Waals surface area contributed by atoms with Crippen molar-refractivity contribution in [1.29, 1.82) is 0 Å². The fourth-order valence-electron chi connectivity index (χ4n) is 1.60. The van der Waals surface area contributed by atoms with Gasteiger partial charge in [-0.05, 0) is 24.3 Å². The molecular weight excluding hydrogens is 302 g/mol. The lowest BCUT2D eigenvalue weighted by atomic mass is 10.2. The van der Waals surface area contributed by atoms with E-state index in [1.807, 2.05) is 10.9 Å². The van der Waals surface area contributed by atoms with Crippen LogP contribution in [0.3, 0.4) is 0 Å². The number of hydrogen-bond acceptors (Lipinski definition) is 2. The van der Waals surface area contributed by atoms with Crippen LogP contribution in [0.2, 0.25) is 5.02 Å². The van der Waals surface area contributed by atoms with Gasteiger partial charge in [0.15, 0.2) is 0 Å². The van der Waals surface area contributed by atoms with Crippen LogP contribution in [0.5, 0.6) is 0 Å². The molecule has 0 fully saturated rings. The summed E-state index contributed by atoms with van der Waals surface area (Å²) in [7, 11) is 0. The lowest BCUT2D eigenvalue weighted by Gasteiger charge is -2.09. The molecule has 0 atom stereocenters. The maximum absolute atomic E-state index is 13.5. The molecule has 108 valence electrons. The van der Waals surface area contributed by atoms with Crippen molar-refractivity contribution in [1.82, 2.24) is 10.9 Å². The normalized spacial score (nSPS) is 10.0. The average Bonchev–Trinajstić information content (AvgIpc) is 2.45. The highest BCUT2D eigenvalue weighted by atomic mass is 35.5. The minimum absolute atomic E-state index is 0.104. The van der Waals surface area contributed by atoms with Gasteiger partial charge < -0.3 is 0 Å². The van der Waals surface area contributed by atoms with E-state index in [1.54, 1.807) is 0 Å². The zero-order valence-electron chi connectivity index (χ0n) is 10.5. The van der Waals surface area contributed by atoms with Crippen LogP contribution in [0.4, 0.5) is 8.78 Å². The number of hydrazine groups is 1. The Bertz CT molecular complexity index is 687. The van der Waals surface area contributed by atoms with Crippen molar-refractivity contribution in [3.05, 3.63) is 70.2 Å². The number of carbonyl (C=O) groups excluding carboxylic acids is 2. The molecule has 0 unspecified atom stereocenters. The van der Waals surface area contributed by atoms with Crippen molar-refractivity contribution >= 4 is 23.4 Å². The summed E-state index contributed by atoms with van der Waals surface area (Å²) in [6.45, 7) is 0. The quantitative estimate of drug-likeness (QED) is 0.838. The fourth-order valence-corrected chi connectivity index (χ4v) is 1.85. The van der Waals surface area contributed by atoms with E-state index in [4.69, 9.17) is 11.6 Å². The zero-order chi connectivity index (χ0) is 15.4. The number of rotatable bonds is 2. The highest BCUT2D eigenvalue weighted by Crippen LogP contribution is 2.18. The maximum Gasteiger partial charge on any atom is 0.274 e. The fraction of sp³-hybridized carbons (Fsp3) is 0. The van der Waals surface area contributed by atoms with E-state index in [-0.39, 0.29) is 10.6 Å². The number of carbonyl (C=O) groups is 2. The summed E-state index contributed by atoms with van der Waals surface area (Å²) in [5.74, 6) is -3.38. The molecule has 2 rings (SSSR count). The van der Waals surface area contributed by atoms with Gasteiger partial charge in [-0.15, -0.1) is 0 Å². The molecule has 0 radical (unpaired) electrons. The van der Waals surface area contributed by atoms with E-state index in [9.17, 15) is 18.4 Å². The zero-order valence-corrected chi connectivity index (χ0v) is 11.2. The largest absolute Gasteiger partial charge is 0.274 e. The van der Waals surface area contributed by atoms with Crippen molar-refractivity contribution in [2.24, 2.45) is 0 Å². The number of nitrogens with one attached hydrogen (secondary N) is 2. The van der Waals surface area contributed by atoms with Gasteiger partial charge in [-0.1, -0.05) is 29.8 Å². The average molecular weight is 311 g/mol. The standard InChI is InChI=1S/C14H9ClF2N2O2/c15-9-5-3-7-11(17)12(9)14(21)19-18-13(20)8-4-1-2-6-10(8)16/h1-7H,(H,18,20)(H,19,21). The first-order valence-corrected chi connectivity index (χ1v) is 6.17. The van der Waals surface area contributed by atoms with Crippen molar-refractivity contribution in [2.75, 3.05) is 0 Å². The van der Waals surface area contributed by atoms with Crippen LogP contribution in [-0.4, -0.2) is 11.8 Å². The molecule has 7 heteroatoms. The first-order chi connectivity index (χ1) is 10.0. The van der Waals surface area contributed by atoms with Gasteiger partial charge in [-0.2, -0.15) is 0 Å². The number of benzene rings is 2. The summed E-state index contributed by atoms with van der Waals surface area (Å²) in [6.07, 6.45) is 0. The van der Waals surface area contributed by atoms with Crippen molar-refractivity contribution in [3.63, 3.8) is 0 Å². The molecule has 0 saturated heterocycles. The first kappa shape index (κ1) is 14.9. The first-order valence-electron chi connectivity index (χ1n) is 5.80. The lowest BCUT2D eigenvalue weighted by Crippen LogP contribution is -2.42. The molecule has 2 N–H and O–H groups in total. The second-order valence-electron chi connectivity index (χ2n) is 3.98. The molecule has 0 aliphatic rings. The number of amides is 2. The highest BCUT2D eigenvalue weighted by Gasteiger charge is 2.17. The number of hydrogen-bond donors (Lipinski definition) is 2. The molecule has 0 heterocycles. The molecule has 0 saturated carbocycles. The van der Waals surface area contributed by atoms with Crippen LogP contribution < -0.4 is 10.9 Å². The van der Waals surface area contributed by atoms with E-state index in [2.05, 4.69) is 0 Å². The Hall–Kier alpha value is -2.47. The Labute approximate surface area is 123 Å². The summed E-state index contributed by atoms with van der Waals surface area (Å²) in [5.41, 5.74) is 3.30. The molecular formula is C14H9ClF2N2O2. The second kappa shape index (κ2) is 6.32. The van der Waals surface area contributed by atoms with Crippen LogP contribution >= 0.6 is 11.6 Å². The van der Waals surface area contributed by atoms with Gasteiger partial charge in [0, 0.05) is 0 Å². The van der Waals surface area contributed by atoms with Crippen LogP contribution in [0.15, 0.2) is 42.5 Å². The monoisotopic (exact) mass is 310 g/mol. The van der Waals surface area contributed by atoms with E-state index < -0.39 is 29.0 Å². The van der Waals surface area contributed by atoms with Gasteiger partial charge in [0.25, 0.3) is 11.8 Å². The van der Waals surface area contributed by atoms with E-state index in [0.29, 0.717) is 0 Å². The Morgan fingerprint density at radius 3 is 2.14 bits per heavy atom. The molecule has 0 aliphatic carbocycles. The van der Waals surface area contributed by atoms with Gasteiger partial charge in [-0.25, -0.2) is 8.78 Å². The lowest BCUT2D eigenvalue weighted by molar-refractivity contribution is 0.0842. The molecule has 0 aromatic heterocycles. The molecule has 0 spiro atoms. The minimum Gasteiger partial charge on any atom is -0.267 e. The van der Waals surface area contributed by atoms with Crippen LogP contribution in [0.1, 0.15) is 20.7 Å². The molecule has 0 bridgehead atoms. The van der Waals surface area contributed by atoms with E-state index in [0.717, 1.165) is 12.1 Å². The van der Waals surface area contributed by atoms with Gasteiger partial charge in [0.1, 0.15) is 11.6 Å². The molecule has 21 heavy (non-hydrogen) atoms. The maximum atomic E-state index is 13.5. The van der Waals surface area contributed by atoms with Crippen molar-refractivity contribution in [3.8, 4) is 0 Å². The third-order valence-electron chi connectivity index (χ3n) is 2.60. The van der Waals surface area contributed by atoms with Gasteiger partial charge >= 0.3 is 0 Å². The van der Waals surface area contributed by atoms with Gasteiger partial charge in [-0.3, -0.25) is 20.4 Å². The second-order valence-corrected chi connectivity index (χ2v) is 4.39. The summed E-state index contributed by atoms with van der Waals surface area (Å²) in [6, 6.07) is 8.96. The molecule has 2 aromatic carbocycles. The van der Waals surface area contributed by atoms with Gasteiger partial charge in [0.05, 0.1) is 16.1 Å². The highest BCUT2D eigenvalue weighted by molar-refractivity contribution is 6.33. The predicted octanol–water partition coefficient (Wildman–Crippen LogP) is 2.69. The Balaban J connectivity index is 2.08. The van der Waals surface area contributed by atoms with E-state index in [1.165, 1.54) is 30.3 Å². The third-order valence-corrected chi connectivity index (χ3v) is 2.91. The minimum atomic E-state index is -0.942. The Morgan fingerprint density at radius 2 is 1.48 bits per heavy atom.